The van der Waals surface area contributed by atoms with E-state index >= 15 is 0 Å². The number of aliphatic imine (C=N–C) groups is 1. The number of ether oxygens (including phenoxy) is 2. The molecule has 1 aromatic rings. The van der Waals surface area contributed by atoms with Crippen LogP contribution in [0.1, 0.15) is 52.0 Å². The standard InChI is InChI=1S/C22H35N3O4S.HI/c1-5-23-21(25-12-13-30(26,27)22(2,3)16-25)24-15-17-10-11-19(28-4)14-20(17)29-18-8-6-7-9-18;/h10-11,14,18H,5-9,12-13,15-16H2,1-4H3,(H,23,24);1H. The first-order chi connectivity index (χ1) is 14.3. The van der Waals surface area contributed by atoms with Gasteiger partial charge in [0, 0.05) is 31.3 Å². The lowest BCUT2D eigenvalue weighted by Gasteiger charge is -2.39. The van der Waals surface area contributed by atoms with Gasteiger partial charge in [0.15, 0.2) is 15.8 Å². The molecule has 2 aliphatic rings. The first-order valence-electron chi connectivity index (χ1n) is 10.8. The van der Waals surface area contributed by atoms with Crippen molar-refractivity contribution in [1.82, 2.24) is 10.2 Å². The van der Waals surface area contributed by atoms with Crippen molar-refractivity contribution in [2.75, 3.05) is 32.5 Å². The highest BCUT2D eigenvalue weighted by Crippen LogP contribution is 2.30. The zero-order valence-electron chi connectivity index (χ0n) is 19.0. The summed E-state index contributed by atoms with van der Waals surface area (Å²) >= 11 is 0. The number of hydrogen-bond acceptors (Lipinski definition) is 5. The molecule has 176 valence electrons. The van der Waals surface area contributed by atoms with Crippen molar-refractivity contribution in [3.63, 3.8) is 0 Å². The van der Waals surface area contributed by atoms with Crippen LogP contribution in [-0.4, -0.2) is 62.6 Å². The molecule has 1 aliphatic carbocycles. The molecule has 2 fully saturated rings. The minimum atomic E-state index is -3.10. The molecule has 0 aromatic heterocycles. The minimum absolute atomic E-state index is 0. The fourth-order valence-corrected chi connectivity index (χ4v) is 5.36. The zero-order chi connectivity index (χ0) is 21.8. The van der Waals surface area contributed by atoms with Crippen LogP contribution in [0.3, 0.4) is 0 Å². The number of methoxy groups -OCH3 is 1. The lowest BCUT2D eigenvalue weighted by Crippen LogP contribution is -2.57. The van der Waals surface area contributed by atoms with Crippen LogP contribution >= 0.6 is 24.0 Å². The van der Waals surface area contributed by atoms with E-state index in [1.165, 1.54) is 12.8 Å². The van der Waals surface area contributed by atoms with Gasteiger partial charge in [-0.05, 0) is 58.6 Å². The molecular formula is C22H36IN3O4S. The summed E-state index contributed by atoms with van der Waals surface area (Å²) < 4.78 is 35.6. The predicted molar refractivity (Wildman–Crippen MR) is 136 cm³/mol. The van der Waals surface area contributed by atoms with Crippen LogP contribution in [0.25, 0.3) is 0 Å². The summed E-state index contributed by atoms with van der Waals surface area (Å²) in [5.74, 6) is 2.47. The third kappa shape index (κ3) is 6.40. The summed E-state index contributed by atoms with van der Waals surface area (Å²) in [6, 6.07) is 5.86. The van der Waals surface area contributed by atoms with E-state index in [1.807, 2.05) is 30.0 Å². The minimum Gasteiger partial charge on any atom is -0.497 e. The Labute approximate surface area is 203 Å². The van der Waals surface area contributed by atoms with Gasteiger partial charge in [-0.25, -0.2) is 13.4 Å². The van der Waals surface area contributed by atoms with Crippen LogP contribution in [-0.2, 0) is 16.4 Å². The summed E-state index contributed by atoms with van der Waals surface area (Å²) in [5, 5.41) is 3.32. The molecule has 1 N–H and O–H groups in total. The van der Waals surface area contributed by atoms with Crippen molar-refractivity contribution < 1.29 is 17.9 Å². The van der Waals surface area contributed by atoms with Gasteiger partial charge in [-0.2, -0.15) is 0 Å². The van der Waals surface area contributed by atoms with Gasteiger partial charge in [0.25, 0.3) is 0 Å². The maximum atomic E-state index is 12.4. The van der Waals surface area contributed by atoms with E-state index in [0.717, 1.165) is 42.4 Å². The highest BCUT2D eigenvalue weighted by Gasteiger charge is 2.41. The van der Waals surface area contributed by atoms with Crippen molar-refractivity contribution in [3.05, 3.63) is 23.8 Å². The normalized spacial score (nSPS) is 20.8. The Bertz CT molecular complexity index is 868. The smallest absolute Gasteiger partial charge is 0.194 e. The van der Waals surface area contributed by atoms with Crippen LogP contribution in [0.5, 0.6) is 11.5 Å². The topological polar surface area (TPSA) is 80.2 Å². The fourth-order valence-electron chi connectivity index (χ4n) is 4.00. The van der Waals surface area contributed by atoms with Crippen molar-refractivity contribution in [3.8, 4) is 11.5 Å². The van der Waals surface area contributed by atoms with E-state index in [2.05, 4.69) is 5.32 Å². The molecule has 0 bridgehead atoms. The molecule has 1 heterocycles. The van der Waals surface area contributed by atoms with E-state index in [0.29, 0.717) is 19.6 Å². The Morgan fingerprint density at radius 1 is 1.29 bits per heavy atom. The second-order valence-corrected chi connectivity index (χ2v) is 11.4. The molecule has 1 aromatic carbocycles. The maximum absolute atomic E-state index is 12.4. The van der Waals surface area contributed by atoms with Crippen LogP contribution in [0.2, 0.25) is 0 Å². The first-order valence-corrected chi connectivity index (χ1v) is 12.5. The predicted octanol–water partition coefficient (Wildman–Crippen LogP) is 3.61. The summed E-state index contributed by atoms with van der Waals surface area (Å²) in [6.07, 6.45) is 4.83. The molecule has 1 saturated carbocycles. The molecule has 0 spiro atoms. The Morgan fingerprint density at radius 2 is 2.00 bits per heavy atom. The number of sulfone groups is 1. The third-order valence-electron chi connectivity index (χ3n) is 5.95. The molecule has 3 rings (SSSR count). The van der Waals surface area contributed by atoms with Gasteiger partial charge in [-0.15, -0.1) is 24.0 Å². The number of halogens is 1. The van der Waals surface area contributed by atoms with E-state index in [4.69, 9.17) is 14.5 Å². The summed E-state index contributed by atoms with van der Waals surface area (Å²) in [5.41, 5.74) is 1.00. The van der Waals surface area contributed by atoms with Gasteiger partial charge in [-0.3, -0.25) is 0 Å². The summed E-state index contributed by atoms with van der Waals surface area (Å²) in [6.45, 7) is 7.64. The molecule has 0 amide bonds. The number of benzene rings is 1. The highest BCUT2D eigenvalue weighted by molar-refractivity contribution is 14.0. The molecule has 0 radical (unpaired) electrons. The van der Waals surface area contributed by atoms with Crippen LogP contribution < -0.4 is 14.8 Å². The fraction of sp³-hybridized carbons (Fsp3) is 0.682. The number of hydrogen-bond donors (Lipinski definition) is 1. The second-order valence-electron chi connectivity index (χ2n) is 8.67. The van der Waals surface area contributed by atoms with Crippen LogP contribution in [0, 0.1) is 0 Å². The van der Waals surface area contributed by atoms with Crippen LogP contribution in [0.4, 0.5) is 0 Å². The molecule has 0 unspecified atom stereocenters. The molecule has 0 atom stereocenters. The molecule has 1 aliphatic heterocycles. The maximum Gasteiger partial charge on any atom is 0.194 e. The Hall–Kier alpha value is -1.23. The lowest BCUT2D eigenvalue weighted by molar-refractivity contribution is 0.207. The third-order valence-corrected chi connectivity index (χ3v) is 8.48. The number of rotatable bonds is 6. The van der Waals surface area contributed by atoms with Crippen molar-refractivity contribution in [2.24, 2.45) is 4.99 Å². The number of nitrogens with zero attached hydrogens (tertiary/aromatic N) is 2. The monoisotopic (exact) mass is 565 g/mol. The molecule has 7 nitrogen and oxygen atoms in total. The Kier molecular flexibility index (Phi) is 9.29. The van der Waals surface area contributed by atoms with Crippen molar-refractivity contribution in [1.29, 1.82) is 0 Å². The van der Waals surface area contributed by atoms with E-state index in [-0.39, 0.29) is 35.8 Å². The van der Waals surface area contributed by atoms with E-state index in [1.54, 1.807) is 21.0 Å². The van der Waals surface area contributed by atoms with Gasteiger partial charge in [-0.1, -0.05) is 0 Å². The van der Waals surface area contributed by atoms with Crippen molar-refractivity contribution in [2.45, 2.75) is 63.9 Å². The van der Waals surface area contributed by atoms with Gasteiger partial charge in [0.1, 0.15) is 11.5 Å². The quantitative estimate of drug-likeness (QED) is 0.323. The Balaban J connectivity index is 0.00000341. The van der Waals surface area contributed by atoms with Crippen LogP contribution in [0.15, 0.2) is 23.2 Å². The number of guanidine groups is 1. The SMILES string of the molecule is CCNC(=NCc1ccc(OC)cc1OC1CCCC1)N1CCS(=O)(=O)C(C)(C)C1.I. The number of nitrogens with one attached hydrogen (secondary N) is 1. The molecular weight excluding hydrogens is 529 g/mol. The van der Waals surface area contributed by atoms with Gasteiger partial charge >= 0.3 is 0 Å². The average molecular weight is 566 g/mol. The van der Waals surface area contributed by atoms with E-state index < -0.39 is 14.6 Å². The summed E-state index contributed by atoms with van der Waals surface area (Å²) in [4.78, 5) is 6.87. The molecule has 9 heteroatoms. The largest absolute Gasteiger partial charge is 0.497 e. The average Bonchev–Trinajstić information content (AvgIpc) is 3.21. The zero-order valence-corrected chi connectivity index (χ0v) is 22.2. The second kappa shape index (κ2) is 11.1. The lowest BCUT2D eigenvalue weighted by atomic mass is 10.1. The molecule has 1 saturated heterocycles. The summed E-state index contributed by atoms with van der Waals surface area (Å²) in [7, 11) is -1.44. The first kappa shape index (κ1) is 26.0. The van der Waals surface area contributed by atoms with Gasteiger partial charge < -0.3 is 19.7 Å². The van der Waals surface area contributed by atoms with Gasteiger partial charge in [0.05, 0.1) is 30.3 Å². The van der Waals surface area contributed by atoms with Crippen molar-refractivity contribution >= 4 is 39.8 Å². The van der Waals surface area contributed by atoms with Gasteiger partial charge in [0.2, 0.25) is 0 Å². The molecule has 31 heavy (non-hydrogen) atoms. The highest BCUT2D eigenvalue weighted by atomic mass is 127. The Morgan fingerprint density at radius 3 is 2.61 bits per heavy atom. The van der Waals surface area contributed by atoms with E-state index in [9.17, 15) is 8.42 Å².